The molecule has 0 saturated heterocycles. The van der Waals surface area contributed by atoms with Crippen molar-refractivity contribution in [1.82, 2.24) is 4.57 Å². The fraction of sp³-hybridized carbons (Fsp3) is 0. The number of aromatic nitrogens is 1. The van der Waals surface area contributed by atoms with Crippen molar-refractivity contribution in [1.29, 1.82) is 0 Å². The number of furan rings is 1. The molecule has 2 heterocycles. The van der Waals surface area contributed by atoms with Crippen molar-refractivity contribution < 1.29 is 4.42 Å². The van der Waals surface area contributed by atoms with Gasteiger partial charge in [0.1, 0.15) is 11.2 Å². The van der Waals surface area contributed by atoms with E-state index in [-0.39, 0.29) is 0 Å². The Morgan fingerprint density at radius 3 is 1.56 bits per heavy atom. The summed E-state index contributed by atoms with van der Waals surface area (Å²) in [5.41, 5.74) is 17.6. The number of fused-ring (bicyclic) bond motifs is 9. The highest BCUT2D eigenvalue weighted by atomic mass is 16.3. The van der Waals surface area contributed by atoms with Crippen molar-refractivity contribution >= 4 is 82.4 Å². The van der Waals surface area contributed by atoms with Crippen molar-refractivity contribution in [2.24, 2.45) is 0 Å². The van der Waals surface area contributed by atoms with Gasteiger partial charge in [0.05, 0.1) is 22.4 Å². The minimum absolute atomic E-state index is 0.881. The van der Waals surface area contributed by atoms with E-state index in [1.807, 2.05) is 6.07 Å². The first-order chi connectivity index (χ1) is 35.2. The van der Waals surface area contributed by atoms with Crippen LogP contribution in [0.2, 0.25) is 0 Å². The molecule has 332 valence electrons. The highest BCUT2D eigenvalue weighted by Gasteiger charge is 2.22. The second-order valence-corrected chi connectivity index (χ2v) is 18.4. The molecule has 0 atom stereocenters. The van der Waals surface area contributed by atoms with Gasteiger partial charge in [-0.25, -0.2) is 0 Å². The predicted octanol–water partition coefficient (Wildman–Crippen LogP) is 19.1. The molecule has 2 aromatic heterocycles. The first-order valence-corrected chi connectivity index (χ1v) is 24.3. The Balaban J connectivity index is 0.947. The second kappa shape index (κ2) is 16.7. The van der Waals surface area contributed by atoms with Gasteiger partial charge in [-0.2, -0.15) is 0 Å². The van der Waals surface area contributed by atoms with Crippen LogP contribution < -0.4 is 4.90 Å². The minimum atomic E-state index is 0.881. The number of hydrogen-bond acceptors (Lipinski definition) is 2. The fourth-order valence-electron chi connectivity index (χ4n) is 11.1. The van der Waals surface area contributed by atoms with Crippen LogP contribution in [0, 0.1) is 0 Å². The molecule has 14 rings (SSSR count). The van der Waals surface area contributed by atoms with Gasteiger partial charge in [-0.3, -0.25) is 0 Å². The van der Waals surface area contributed by atoms with Crippen molar-refractivity contribution in [2.75, 3.05) is 4.90 Å². The summed E-state index contributed by atoms with van der Waals surface area (Å²) in [4.78, 5) is 2.40. The molecule has 0 bridgehead atoms. The maximum Gasteiger partial charge on any atom is 0.143 e. The molecule has 0 N–H and O–H groups in total. The van der Waals surface area contributed by atoms with E-state index in [4.69, 9.17) is 4.42 Å². The van der Waals surface area contributed by atoms with Crippen LogP contribution in [0.5, 0.6) is 0 Å². The van der Waals surface area contributed by atoms with Gasteiger partial charge in [0, 0.05) is 49.6 Å². The molecule has 71 heavy (non-hydrogen) atoms. The number of hydrogen-bond donors (Lipinski definition) is 0. The highest BCUT2D eigenvalue weighted by Crippen LogP contribution is 2.46. The van der Waals surface area contributed by atoms with Gasteiger partial charge >= 0.3 is 0 Å². The molecule has 3 nitrogen and oxygen atoms in total. The monoisotopic (exact) mass is 904 g/mol. The van der Waals surface area contributed by atoms with Gasteiger partial charge in [0.2, 0.25) is 0 Å². The molecule has 0 aliphatic carbocycles. The molecule has 12 aromatic carbocycles. The van der Waals surface area contributed by atoms with Gasteiger partial charge in [0.25, 0.3) is 0 Å². The number of rotatable bonds is 8. The smallest absolute Gasteiger partial charge is 0.143 e. The summed E-state index contributed by atoms with van der Waals surface area (Å²) in [5.74, 6) is 0. The van der Waals surface area contributed by atoms with Crippen molar-refractivity contribution in [2.45, 2.75) is 0 Å². The van der Waals surface area contributed by atoms with Crippen LogP contribution in [0.1, 0.15) is 0 Å². The predicted molar refractivity (Wildman–Crippen MR) is 299 cm³/mol. The number of nitrogens with zero attached hydrogens (tertiary/aromatic N) is 2. The van der Waals surface area contributed by atoms with E-state index in [0.717, 1.165) is 66.9 Å². The summed E-state index contributed by atoms with van der Waals surface area (Å²) in [6, 6.07) is 96.7. The molecule has 0 spiro atoms. The zero-order valence-electron chi connectivity index (χ0n) is 38.7. The molecule has 0 saturated carbocycles. The molecular weight excluding hydrogens is 861 g/mol. The van der Waals surface area contributed by atoms with Crippen LogP contribution in [-0.4, -0.2) is 4.57 Å². The third kappa shape index (κ3) is 6.74. The number of para-hydroxylation sites is 5. The van der Waals surface area contributed by atoms with E-state index in [9.17, 15) is 0 Å². The second-order valence-electron chi connectivity index (χ2n) is 18.4. The molecule has 0 radical (unpaired) electrons. The van der Waals surface area contributed by atoms with E-state index in [1.165, 1.54) is 65.6 Å². The molecule has 3 heteroatoms. The summed E-state index contributed by atoms with van der Waals surface area (Å²) in [5, 5.41) is 9.70. The zero-order chi connectivity index (χ0) is 46.8. The Morgan fingerprint density at radius 2 is 0.831 bits per heavy atom. The molecule has 0 unspecified atom stereocenters. The van der Waals surface area contributed by atoms with Crippen LogP contribution in [0.15, 0.2) is 271 Å². The van der Waals surface area contributed by atoms with Crippen LogP contribution in [0.3, 0.4) is 0 Å². The lowest BCUT2D eigenvalue weighted by atomic mass is 9.93. The SMILES string of the molecule is c1ccc(-c2ccc(-c3ccc(N(c4ccc(-c5cc6ccccc6c6ccccc56)cc4)c4ccccc4-c4cccc5c4oc4ccccc45)cc3)c(-n3c4ccccc4c4ccccc43)c2)cc1. The maximum absolute atomic E-state index is 6.69. The molecule has 0 aliphatic heterocycles. The molecule has 14 aromatic rings. The molecule has 0 aliphatic rings. The largest absolute Gasteiger partial charge is 0.455 e. The first-order valence-electron chi connectivity index (χ1n) is 24.3. The van der Waals surface area contributed by atoms with Gasteiger partial charge in [-0.15, -0.1) is 0 Å². The van der Waals surface area contributed by atoms with Gasteiger partial charge in [-0.05, 0) is 110 Å². The topological polar surface area (TPSA) is 21.3 Å². The van der Waals surface area contributed by atoms with E-state index in [2.05, 4.69) is 270 Å². The Bertz CT molecular complexity index is 4280. The summed E-state index contributed by atoms with van der Waals surface area (Å²) in [7, 11) is 0. The number of benzene rings is 12. The standard InChI is InChI=1S/C68H44N2O/c1-2-17-45(18-3-1)48-37-42-53(66(44-48)70-64-30-13-8-23-56(64)57-24-9-14-31-65(57)70)46-33-38-50(39-34-46)69(63-29-12-10-25-58(63)60-27-16-28-61-59-26-11-15-32-67(59)71-68(60)61)51-40-35-47(36-41-51)62-43-49-19-4-5-20-52(49)54-21-6-7-22-55(54)62/h1-44H. The summed E-state index contributed by atoms with van der Waals surface area (Å²) < 4.78 is 9.14. The van der Waals surface area contributed by atoms with Crippen LogP contribution in [0.4, 0.5) is 17.1 Å². The van der Waals surface area contributed by atoms with Gasteiger partial charge < -0.3 is 13.9 Å². The average molecular weight is 905 g/mol. The third-order valence-electron chi connectivity index (χ3n) is 14.4. The molecular formula is C68H44N2O. The Morgan fingerprint density at radius 1 is 0.296 bits per heavy atom. The maximum atomic E-state index is 6.69. The van der Waals surface area contributed by atoms with E-state index in [0.29, 0.717) is 0 Å². The summed E-state index contributed by atoms with van der Waals surface area (Å²) in [6.45, 7) is 0. The average Bonchev–Trinajstić information content (AvgIpc) is 4.00. The molecule has 0 amide bonds. The van der Waals surface area contributed by atoms with Gasteiger partial charge in [-0.1, -0.05) is 206 Å². The van der Waals surface area contributed by atoms with Crippen molar-refractivity contribution in [3.8, 4) is 50.2 Å². The number of anilines is 3. The normalized spacial score (nSPS) is 11.7. The lowest BCUT2D eigenvalue weighted by Crippen LogP contribution is -2.11. The van der Waals surface area contributed by atoms with Crippen molar-refractivity contribution in [3.63, 3.8) is 0 Å². The quantitative estimate of drug-likeness (QED) is 0.142. The lowest BCUT2D eigenvalue weighted by Gasteiger charge is -2.28. The lowest BCUT2D eigenvalue weighted by molar-refractivity contribution is 0.670. The van der Waals surface area contributed by atoms with Crippen LogP contribution in [-0.2, 0) is 0 Å². The van der Waals surface area contributed by atoms with E-state index in [1.54, 1.807) is 0 Å². The Labute approximate surface area is 411 Å². The van der Waals surface area contributed by atoms with E-state index < -0.39 is 0 Å². The van der Waals surface area contributed by atoms with E-state index >= 15 is 0 Å². The Kier molecular flexibility index (Phi) is 9.53. The Hall–Kier alpha value is -9.44. The summed E-state index contributed by atoms with van der Waals surface area (Å²) in [6.07, 6.45) is 0. The first kappa shape index (κ1) is 40.6. The third-order valence-corrected chi connectivity index (χ3v) is 14.4. The summed E-state index contributed by atoms with van der Waals surface area (Å²) >= 11 is 0. The zero-order valence-corrected chi connectivity index (χ0v) is 38.7. The highest BCUT2D eigenvalue weighted by molar-refractivity contribution is 6.14. The fourth-order valence-corrected chi connectivity index (χ4v) is 11.1. The van der Waals surface area contributed by atoms with Crippen molar-refractivity contribution in [3.05, 3.63) is 267 Å². The van der Waals surface area contributed by atoms with Crippen LogP contribution in [0.25, 0.3) is 115 Å². The minimum Gasteiger partial charge on any atom is -0.455 e. The van der Waals surface area contributed by atoms with Crippen LogP contribution >= 0.6 is 0 Å². The molecule has 0 fully saturated rings. The van der Waals surface area contributed by atoms with Gasteiger partial charge in [0.15, 0.2) is 0 Å².